The Hall–Kier alpha value is -2.27. The van der Waals surface area contributed by atoms with Gasteiger partial charge in [0.15, 0.2) is 0 Å². The Balaban J connectivity index is 4.48. The fourth-order valence-electron chi connectivity index (χ4n) is 2.79. The Morgan fingerprint density at radius 3 is 1.47 bits per heavy atom. The second-order valence-corrected chi connectivity index (χ2v) is 7.67. The number of nitrogens with zero attached hydrogens (tertiary/aromatic N) is 6. The first-order valence-corrected chi connectivity index (χ1v) is 12.4. The lowest BCUT2D eigenvalue weighted by Crippen LogP contribution is -2.59. The van der Waals surface area contributed by atoms with Gasteiger partial charge in [-0.15, -0.1) is 0 Å². The van der Waals surface area contributed by atoms with Gasteiger partial charge in [-0.1, -0.05) is 10.2 Å². The van der Waals surface area contributed by atoms with E-state index in [2.05, 4.69) is 25.4 Å². The van der Waals surface area contributed by atoms with Crippen LogP contribution in [0.1, 0.15) is 6.42 Å². The lowest BCUT2D eigenvalue weighted by Gasteiger charge is -2.34. The molecule has 0 aromatic carbocycles. The molecule has 0 unspecified atom stereocenters. The maximum atomic E-state index is 12.7. The Bertz CT molecular complexity index is 639. The predicted octanol–water partition coefficient (Wildman–Crippen LogP) is -0.114. The molecule has 0 atom stereocenters. The molecule has 1 amide bonds. The average molecular weight is 550 g/mol. The average Bonchev–Trinajstić information content (AvgIpc) is 2.91. The Kier molecular flexibility index (Phi) is 26.1. The van der Waals surface area contributed by atoms with Gasteiger partial charge in [0.1, 0.15) is 5.54 Å². The summed E-state index contributed by atoms with van der Waals surface area (Å²) in [7, 11) is 0. The Labute approximate surface area is 222 Å². The molecule has 0 aromatic heterocycles. The third kappa shape index (κ3) is 22.9. The van der Waals surface area contributed by atoms with Gasteiger partial charge in [0.2, 0.25) is 5.91 Å². The van der Waals surface area contributed by atoms with Gasteiger partial charge in [-0.05, 0) is 11.1 Å². The van der Waals surface area contributed by atoms with Crippen molar-refractivity contribution < 1.29 is 38.0 Å². The normalized spacial score (nSPS) is 12.4. The number of carbonyl (C=O) groups excluding carboxylic acids is 1. The molecule has 0 bridgehead atoms. The molecule has 0 fully saturated rings. The number of rotatable bonds is 29. The van der Waals surface area contributed by atoms with Gasteiger partial charge in [-0.25, -0.2) is 0 Å². The van der Waals surface area contributed by atoms with Crippen molar-refractivity contribution >= 4 is 5.91 Å². The number of ether oxygens (including phenoxy) is 7. The van der Waals surface area contributed by atoms with E-state index < -0.39 is 5.54 Å². The lowest BCUT2D eigenvalue weighted by atomic mass is 10.0. The standard InChI is InChI=1S/C21H43N9O8/c22-2-7-33-12-14-35-16-15-34-13-11-32-6-1-20(31)28-21(17-36-8-3-23,18-37-9-4-26-29-24)19-38-10-5-27-30-25/h1-19,22-23H2,(H,28,31). The van der Waals surface area contributed by atoms with Crippen LogP contribution >= 0.6 is 0 Å². The fourth-order valence-corrected chi connectivity index (χ4v) is 2.79. The molecule has 0 aliphatic carbocycles. The van der Waals surface area contributed by atoms with E-state index >= 15 is 0 Å². The van der Waals surface area contributed by atoms with Crippen LogP contribution in [0.2, 0.25) is 0 Å². The van der Waals surface area contributed by atoms with Gasteiger partial charge in [0.05, 0.1) is 92.5 Å². The highest BCUT2D eigenvalue weighted by Crippen LogP contribution is 2.10. The molecule has 0 radical (unpaired) electrons. The van der Waals surface area contributed by atoms with Crippen LogP contribution in [0.25, 0.3) is 20.9 Å². The van der Waals surface area contributed by atoms with Gasteiger partial charge in [0, 0.05) is 42.4 Å². The number of azide groups is 2. The van der Waals surface area contributed by atoms with Gasteiger partial charge in [0.25, 0.3) is 0 Å². The minimum absolute atomic E-state index is 0.0295. The van der Waals surface area contributed by atoms with E-state index in [0.717, 1.165) is 0 Å². The summed E-state index contributed by atoms with van der Waals surface area (Å²) in [6.45, 7) is 4.94. The van der Waals surface area contributed by atoms with E-state index in [4.69, 9.17) is 55.7 Å². The molecule has 17 heteroatoms. The number of amides is 1. The molecule has 0 aliphatic heterocycles. The summed E-state index contributed by atoms with van der Waals surface area (Å²) < 4.78 is 38.3. The molecule has 0 aromatic rings. The number of hydrogen-bond donors (Lipinski definition) is 3. The number of nitrogens with one attached hydrogen (secondary N) is 1. The van der Waals surface area contributed by atoms with Crippen molar-refractivity contribution in [3.05, 3.63) is 20.9 Å². The molecule has 0 saturated carbocycles. The highest BCUT2D eigenvalue weighted by atomic mass is 16.6. The minimum atomic E-state index is -1.04. The largest absolute Gasteiger partial charge is 0.379 e. The van der Waals surface area contributed by atoms with E-state index in [9.17, 15) is 4.79 Å². The molecule has 0 saturated heterocycles. The van der Waals surface area contributed by atoms with E-state index in [0.29, 0.717) is 59.3 Å². The third-order valence-corrected chi connectivity index (χ3v) is 4.45. The fraction of sp³-hybridized carbons (Fsp3) is 0.952. The molecule has 220 valence electrons. The second-order valence-electron chi connectivity index (χ2n) is 7.67. The monoisotopic (exact) mass is 549 g/mol. The first-order chi connectivity index (χ1) is 18.6. The Morgan fingerprint density at radius 2 is 1.03 bits per heavy atom. The van der Waals surface area contributed by atoms with E-state index in [1.807, 2.05) is 0 Å². The van der Waals surface area contributed by atoms with Gasteiger partial charge >= 0.3 is 0 Å². The van der Waals surface area contributed by atoms with E-state index in [-0.39, 0.29) is 71.7 Å². The number of carbonyl (C=O) groups is 1. The summed E-state index contributed by atoms with van der Waals surface area (Å²) in [5.74, 6) is -0.301. The van der Waals surface area contributed by atoms with Crippen molar-refractivity contribution in [3.63, 3.8) is 0 Å². The van der Waals surface area contributed by atoms with Crippen molar-refractivity contribution in [2.75, 3.05) is 119 Å². The third-order valence-electron chi connectivity index (χ3n) is 4.45. The number of nitrogens with two attached hydrogens (primary N) is 2. The van der Waals surface area contributed by atoms with Gasteiger partial charge < -0.3 is 49.9 Å². The topological polar surface area (TPSA) is 243 Å². The smallest absolute Gasteiger partial charge is 0.222 e. The molecule has 0 aliphatic rings. The molecule has 5 N–H and O–H groups in total. The molecule has 17 nitrogen and oxygen atoms in total. The second kappa shape index (κ2) is 27.8. The van der Waals surface area contributed by atoms with Crippen molar-refractivity contribution in [3.8, 4) is 0 Å². The summed E-state index contributed by atoms with van der Waals surface area (Å²) in [5.41, 5.74) is 26.6. The zero-order valence-corrected chi connectivity index (χ0v) is 22.0. The molecule has 0 rings (SSSR count). The maximum Gasteiger partial charge on any atom is 0.222 e. The first-order valence-electron chi connectivity index (χ1n) is 12.4. The summed E-state index contributed by atoms with van der Waals surface area (Å²) in [6, 6.07) is 0. The molecular formula is C21H43N9O8. The maximum absolute atomic E-state index is 12.7. The van der Waals surface area contributed by atoms with Crippen LogP contribution in [-0.2, 0) is 38.0 Å². The van der Waals surface area contributed by atoms with Crippen LogP contribution in [0.15, 0.2) is 10.2 Å². The molecule has 38 heavy (non-hydrogen) atoms. The van der Waals surface area contributed by atoms with Crippen molar-refractivity contribution in [1.82, 2.24) is 5.32 Å². The first kappa shape index (κ1) is 35.7. The number of hydrogen-bond acceptors (Lipinski definition) is 12. The summed E-state index contributed by atoms with van der Waals surface area (Å²) in [6.07, 6.45) is 0.0853. The van der Waals surface area contributed by atoms with Crippen LogP contribution in [-0.4, -0.2) is 130 Å². The van der Waals surface area contributed by atoms with Gasteiger partial charge in [-0.3, -0.25) is 4.79 Å². The summed E-state index contributed by atoms with van der Waals surface area (Å²) >= 11 is 0. The quantitative estimate of drug-likeness (QED) is 0.0483. The van der Waals surface area contributed by atoms with Crippen LogP contribution < -0.4 is 16.8 Å². The van der Waals surface area contributed by atoms with Crippen LogP contribution in [0, 0.1) is 0 Å². The van der Waals surface area contributed by atoms with E-state index in [1.165, 1.54) is 0 Å². The van der Waals surface area contributed by atoms with Crippen LogP contribution in [0.3, 0.4) is 0 Å². The van der Waals surface area contributed by atoms with Crippen molar-refractivity contribution in [2.24, 2.45) is 21.7 Å². The zero-order chi connectivity index (χ0) is 28.0. The van der Waals surface area contributed by atoms with Gasteiger partial charge in [-0.2, -0.15) is 0 Å². The summed E-state index contributed by atoms with van der Waals surface area (Å²) in [5, 5.41) is 9.75. The highest BCUT2D eigenvalue weighted by Gasteiger charge is 2.33. The Morgan fingerprint density at radius 1 is 0.632 bits per heavy atom. The van der Waals surface area contributed by atoms with E-state index in [1.54, 1.807) is 0 Å². The molecule has 0 heterocycles. The van der Waals surface area contributed by atoms with Crippen molar-refractivity contribution in [2.45, 2.75) is 12.0 Å². The SMILES string of the molecule is [N-]=[N+]=NCCOCC(COCCN)(COCCN=[N+]=[N-])NC(=O)CCOCCOCCOCCOCCN. The zero-order valence-electron chi connectivity index (χ0n) is 22.0. The lowest BCUT2D eigenvalue weighted by molar-refractivity contribution is -0.128. The van der Waals surface area contributed by atoms with Crippen LogP contribution in [0.5, 0.6) is 0 Å². The predicted molar refractivity (Wildman–Crippen MR) is 137 cm³/mol. The highest BCUT2D eigenvalue weighted by molar-refractivity contribution is 5.77. The minimum Gasteiger partial charge on any atom is -0.379 e. The summed E-state index contributed by atoms with van der Waals surface area (Å²) in [4.78, 5) is 18.0. The van der Waals surface area contributed by atoms with Crippen LogP contribution in [0.4, 0.5) is 0 Å². The molecule has 0 spiro atoms. The molecular weight excluding hydrogens is 506 g/mol. The van der Waals surface area contributed by atoms with Crippen molar-refractivity contribution in [1.29, 1.82) is 0 Å².